The van der Waals surface area contributed by atoms with E-state index in [9.17, 15) is 9.59 Å². The molecule has 37 heavy (non-hydrogen) atoms. The SMILES string of the molecule is CC(C)C1CNCCC1(c1cnno1)C(C)COc1cccc(C[C@H]2CSCN2C(=O)CNC(=O)O)c1. The number of rotatable bonds is 10. The van der Waals surface area contributed by atoms with Crippen LogP contribution in [0.3, 0.4) is 0 Å². The lowest BCUT2D eigenvalue weighted by Gasteiger charge is -2.48. The maximum absolute atomic E-state index is 12.5. The van der Waals surface area contributed by atoms with Crippen LogP contribution in [0.15, 0.2) is 35.0 Å². The van der Waals surface area contributed by atoms with Crippen molar-refractivity contribution in [3.05, 3.63) is 41.8 Å². The van der Waals surface area contributed by atoms with Crippen LogP contribution in [0.25, 0.3) is 0 Å². The zero-order valence-corrected chi connectivity index (χ0v) is 22.5. The van der Waals surface area contributed by atoms with Crippen LogP contribution in [-0.2, 0) is 16.6 Å². The van der Waals surface area contributed by atoms with E-state index in [-0.39, 0.29) is 29.8 Å². The van der Waals surface area contributed by atoms with Gasteiger partial charge in [0.2, 0.25) is 5.91 Å². The number of carbonyl (C=O) groups is 2. The summed E-state index contributed by atoms with van der Waals surface area (Å²) < 4.78 is 12.0. The van der Waals surface area contributed by atoms with Gasteiger partial charge in [0.1, 0.15) is 12.3 Å². The van der Waals surface area contributed by atoms with Gasteiger partial charge in [0.05, 0.1) is 18.7 Å². The van der Waals surface area contributed by atoms with Gasteiger partial charge in [-0.2, -0.15) is 0 Å². The number of amides is 2. The fraction of sp³-hybridized carbons (Fsp3) is 0.615. The fourth-order valence-corrected chi connectivity index (χ4v) is 7.09. The van der Waals surface area contributed by atoms with Crippen molar-refractivity contribution < 1.29 is 24.0 Å². The Balaban J connectivity index is 1.43. The molecule has 11 heteroatoms. The molecule has 2 saturated heterocycles. The van der Waals surface area contributed by atoms with E-state index in [0.29, 0.717) is 30.7 Å². The van der Waals surface area contributed by atoms with E-state index in [1.54, 1.807) is 22.9 Å². The molecule has 0 aliphatic carbocycles. The summed E-state index contributed by atoms with van der Waals surface area (Å²) in [6, 6.07) is 8.04. The minimum absolute atomic E-state index is 0.0195. The summed E-state index contributed by atoms with van der Waals surface area (Å²) in [4.78, 5) is 25.0. The van der Waals surface area contributed by atoms with Gasteiger partial charge in [0.25, 0.3) is 0 Å². The highest BCUT2D eigenvalue weighted by Gasteiger charge is 2.50. The molecule has 0 saturated carbocycles. The molecule has 2 amide bonds. The predicted molar refractivity (Wildman–Crippen MR) is 141 cm³/mol. The number of piperidine rings is 1. The topological polar surface area (TPSA) is 130 Å². The minimum atomic E-state index is -1.19. The van der Waals surface area contributed by atoms with Crippen LogP contribution in [0.4, 0.5) is 4.79 Å². The number of carbonyl (C=O) groups excluding carboxylic acids is 1. The second-order valence-corrected chi connectivity index (χ2v) is 11.4. The number of benzene rings is 1. The fourth-order valence-electron chi connectivity index (χ4n) is 5.87. The number of aromatic nitrogens is 2. The Kier molecular flexibility index (Phi) is 8.96. The Bertz CT molecular complexity index is 1050. The molecule has 0 radical (unpaired) electrons. The van der Waals surface area contributed by atoms with Gasteiger partial charge in [-0.05, 0) is 55.5 Å². The molecule has 3 N–H and O–H groups in total. The van der Waals surface area contributed by atoms with Crippen LogP contribution >= 0.6 is 11.8 Å². The number of nitrogens with one attached hydrogen (secondary N) is 2. The molecular weight excluding hydrogens is 494 g/mol. The van der Waals surface area contributed by atoms with Crippen molar-refractivity contribution in [1.82, 2.24) is 25.9 Å². The van der Waals surface area contributed by atoms with Gasteiger partial charge < -0.3 is 29.9 Å². The van der Waals surface area contributed by atoms with Gasteiger partial charge in [-0.3, -0.25) is 4.79 Å². The third kappa shape index (κ3) is 6.20. The Morgan fingerprint density at radius 1 is 1.38 bits per heavy atom. The predicted octanol–water partition coefficient (Wildman–Crippen LogP) is 3.00. The molecule has 4 atom stereocenters. The zero-order valence-electron chi connectivity index (χ0n) is 21.7. The van der Waals surface area contributed by atoms with E-state index in [0.717, 1.165) is 42.3 Å². The summed E-state index contributed by atoms with van der Waals surface area (Å²) in [5.74, 6) is 3.79. The molecule has 1 aromatic carbocycles. The Labute approximate surface area is 221 Å². The summed E-state index contributed by atoms with van der Waals surface area (Å²) in [6.07, 6.45) is 2.18. The van der Waals surface area contributed by atoms with Crippen LogP contribution in [0, 0.1) is 17.8 Å². The highest BCUT2D eigenvalue weighted by molar-refractivity contribution is 7.99. The highest BCUT2D eigenvalue weighted by atomic mass is 32.2. The van der Waals surface area contributed by atoms with Crippen LogP contribution in [-0.4, -0.2) is 76.3 Å². The Morgan fingerprint density at radius 2 is 2.22 bits per heavy atom. The summed E-state index contributed by atoms with van der Waals surface area (Å²) in [5, 5.41) is 22.3. The monoisotopic (exact) mass is 531 g/mol. The van der Waals surface area contributed by atoms with Crippen molar-refractivity contribution in [1.29, 1.82) is 0 Å². The molecule has 10 nitrogen and oxygen atoms in total. The third-order valence-corrected chi connectivity index (χ3v) is 8.89. The maximum Gasteiger partial charge on any atom is 0.405 e. The Hall–Kier alpha value is -2.79. The van der Waals surface area contributed by atoms with E-state index in [1.807, 2.05) is 24.3 Å². The van der Waals surface area contributed by atoms with Crippen molar-refractivity contribution in [3.8, 4) is 5.75 Å². The van der Waals surface area contributed by atoms with Gasteiger partial charge in [-0.25, -0.2) is 4.79 Å². The highest BCUT2D eigenvalue weighted by Crippen LogP contribution is 2.47. The quantitative estimate of drug-likeness (QED) is 0.424. The van der Waals surface area contributed by atoms with Gasteiger partial charge in [0.15, 0.2) is 5.76 Å². The molecule has 2 aliphatic rings. The average Bonchev–Trinajstić information content (AvgIpc) is 3.59. The van der Waals surface area contributed by atoms with E-state index in [1.165, 1.54) is 0 Å². The molecule has 202 valence electrons. The first-order valence-corrected chi connectivity index (χ1v) is 14.0. The summed E-state index contributed by atoms with van der Waals surface area (Å²) in [6.45, 7) is 8.86. The molecule has 3 heterocycles. The molecular formula is C26H37N5O5S. The normalized spacial score (nSPS) is 24.7. The van der Waals surface area contributed by atoms with Gasteiger partial charge in [-0.1, -0.05) is 32.9 Å². The van der Waals surface area contributed by atoms with Crippen molar-refractivity contribution in [2.24, 2.45) is 17.8 Å². The minimum Gasteiger partial charge on any atom is -0.493 e. The molecule has 2 aromatic rings. The Morgan fingerprint density at radius 3 is 2.95 bits per heavy atom. The first-order valence-electron chi connectivity index (χ1n) is 12.9. The first-order chi connectivity index (χ1) is 17.8. The van der Waals surface area contributed by atoms with Crippen LogP contribution in [0.1, 0.15) is 38.5 Å². The summed E-state index contributed by atoms with van der Waals surface area (Å²) in [7, 11) is 0. The van der Waals surface area contributed by atoms with E-state index < -0.39 is 6.09 Å². The maximum atomic E-state index is 12.5. The van der Waals surface area contributed by atoms with E-state index in [2.05, 4.69) is 41.8 Å². The molecule has 4 rings (SSSR count). The molecule has 3 unspecified atom stereocenters. The van der Waals surface area contributed by atoms with Gasteiger partial charge in [0, 0.05) is 28.4 Å². The van der Waals surface area contributed by atoms with Gasteiger partial charge >= 0.3 is 6.09 Å². The van der Waals surface area contributed by atoms with Crippen molar-refractivity contribution in [2.75, 3.05) is 37.9 Å². The lowest BCUT2D eigenvalue weighted by molar-refractivity contribution is -0.130. The second-order valence-electron chi connectivity index (χ2n) is 10.4. The van der Waals surface area contributed by atoms with Crippen LogP contribution in [0.5, 0.6) is 5.75 Å². The summed E-state index contributed by atoms with van der Waals surface area (Å²) >= 11 is 1.68. The van der Waals surface area contributed by atoms with Crippen LogP contribution < -0.4 is 15.4 Å². The lowest BCUT2D eigenvalue weighted by atomic mass is 9.59. The number of hydrogen-bond acceptors (Lipinski definition) is 8. The number of hydrogen-bond donors (Lipinski definition) is 3. The van der Waals surface area contributed by atoms with Crippen LogP contribution in [0.2, 0.25) is 0 Å². The number of thioether (sulfide) groups is 1. The number of ether oxygens (including phenoxy) is 1. The number of carboxylic acid groups (broad SMARTS) is 1. The van der Waals surface area contributed by atoms with E-state index >= 15 is 0 Å². The smallest absolute Gasteiger partial charge is 0.405 e. The largest absolute Gasteiger partial charge is 0.493 e. The third-order valence-electron chi connectivity index (χ3n) is 7.81. The zero-order chi connectivity index (χ0) is 26.4. The molecule has 1 aromatic heterocycles. The summed E-state index contributed by atoms with van der Waals surface area (Å²) in [5.41, 5.74) is 0.865. The lowest BCUT2D eigenvalue weighted by Crippen LogP contribution is -2.54. The molecule has 0 spiro atoms. The van der Waals surface area contributed by atoms with Crippen molar-refractivity contribution in [2.45, 2.75) is 45.1 Å². The van der Waals surface area contributed by atoms with Crippen molar-refractivity contribution >= 4 is 23.8 Å². The second kappa shape index (κ2) is 12.2. The standard InChI is InChI=1S/C26H37N5O5S/c1-17(2)22-11-27-8-7-26(22,23-12-29-30-36-23)18(3)14-35-21-6-4-5-19(10-21)9-20-15-37-16-31(20)24(32)13-28-25(33)34/h4-6,10,12,17-18,20,22,27-28H,7-9,11,13-16H2,1-3H3,(H,33,34)/t18?,20-,22?,26?/m0/s1. The molecule has 2 aliphatic heterocycles. The van der Waals surface area contributed by atoms with E-state index in [4.69, 9.17) is 14.4 Å². The molecule has 0 bridgehead atoms. The van der Waals surface area contributed by atoms with Gasteiger partial charge in [-0.15, -0.1) is 16.9 Å². The first kappa shape index (κ1) is 27.3. The van der Waals surface area contributed by atoms with Crippen molar-refractivity contribution in [3.63, 3.8) is 0 Å². The number of nitrogens with zero attached hydrogens (tertiary/aromatic N) is 3. The average molecular weight is 532 g/mol. The molecule has 2 fully saturated rings.